The molecule has 1 atom stereocenters. The molecule has 9 heteroatoms. The smallest absolute Gasteiger partial charge is 0.338 e. The van der Waals surface area contributed by atoms with Crippen LogP contribution in [-0.2, 0) is 14.3 Å². The van der Waals surface area contributed by atoms with Crippen LogP contribution in [0.15, 0.2) is 82.0 Å². The molecule has 38 heavy (non-hydrogen) atoms. The van der Waals surface area contributed by atoms with E-state index < -0.39 is 12.0 Å². The molecule has 200 valence electrons. The number of ether oxygens (including phenoxy) is 2. The van der Waals surface area contributed by atoms with Gasteiger partial charge in [-0.15, -0.1) is 0 Å². The van der Waals surface area contributed by atoms with Gasteiger partial charge in [0, 0.05) is 18.8 Å². The molecule has 0 unspecified atom stereocenters. The van der Waals surface area contributed by atoms with Crippen LogP contribution in [0.5, 0.6) is 11.5 Å². The molecule has 2 aromatic rings. The Kier molecular flexibility index (Phi) is 8.91. The minimum Gasteiger partial charge on any atom is -0.459 e. The molecule has 0 saturated heterocycles. The molecule has 1 N–H and O–H groups in total. The lowest BCUT2D eigenvalue weighted by molar-refractivity contribution is -0.143. The van der Waals surface area contributed by atoms with Gasteiger partial charge < -0.3 is 24.6 Å². The summed E-state index contributed by atoms with van der Waals surface area (Å²) in [6.07, 6.45) is -0.117. The third-order valence-corrected chi connectivity index (χ3v) is 6.83. The number of hydrogen-bond acceptors (Lipinski definition) is 8. The van der Waals surface area contributed by atoms with E-state index in [1.165, 1.54) is 11.8 Å². The number of para-hydroxylation sites is 1. The first kappa shape index (κ1) is 27.5. The first-order valence-electron chi connectivity index (χ1n) is 12.6. The van der Waals surface area contributed by atoms with Gasteiger partial charge in [-0.2, -0.15) is 0 Å². The number of benzene rings is 2. The van der Waals surface area contributed by atoms with E-state index in [1.54, 1.807) is 0 Å². The van der Waals surface area contributed by atoms with Crippen molar-refractivity contribution in [2.45, 2.75) is 39.3 Å². The Morgan fingerprint density at radius 3 is 2.55 bits per heavy atom. The molecular formula is C29H34N4O4S. The third kappa shape index (κ3) is 6.65. The molecule has 2 aromatic carbocycles. The first-order valence-corrected chi connectivity index (χ1v) is 13.5. The van der Waals surface area contributed by atoms with Crippen LogP contribution >= 0.6 is 11.8 Å². The fourth-order valence-corrected chi connectivity index (χ4v) is 5.21. The van der Waals surface area contributed by atoms with Crippen molar-refractivity contribution in [3.05, 3.63) is 82.5 Å². The molecule has 2 aliphatic rings. The third-order valence-electron chi connectivity index (χ3n) is 5.94. The van der Waals surface area contributed by atoms with E-state index >= 15 is 0 Å². The van der Waals surface area contributed by atoms with E-state index in [1.807, 2.05) is 105 Å². The monoisotopic (exact) mass is 534 g/mol. The standard InChI is InChI=1S/C29H34N4O4S/c1-19(2)36-28(35)26-20(3)31-29-33(22(18-38-29)17-25(34)30-14-15-32(4)5)27(26)21-10-9-13-24(16-21)37-23-11-7-6-8-12-23/h6-13,16,18-19,27H,14-15,17H2,1-5H3,(H,30,34)/t27-/m0/s1. The average Bonchev–Trinajstić information content (AvgIpc) is 3.25. The SMILES string of the molecule is CC1=C(C(=O)OC(C)C)[C@H](c2cccc(Oc3ccccc3)c2)N2C(CC(=O)NCCN(C)C)=CSC2=N1. The number of rotatable bonds is 10. The summed E-state index contributed by atoms with van der Waals surface area (Å²) in [6.45, 7) is 6.78. The number of carbonyl (C=O) groups excluding carboxylic acids is 2. The lowest BCUT2D eigenvalue weighted by Crippen LogP contribution is -2.39. The van der Waals surface area contributed by atoms with Crippen LogP contribution in [0, 0.1) is 0 Å². The topological polar surface area (TPSA) is 83.5 Å². The van der Waals surface area contributed by atoms with Crippen LogP contribution in [-0.4, -0.2) is 60.1 Å². The van der Waals surface area contributed by atoms with Crippen molar-refractivity contribution in [2.24, 2.45) is 4.99 Å². The van der Waals surface area contributed by atoms with Gasteiger partial charge in [0.1, 0.15) is 11.5 Å². The van der Waals surface area contributed by atoms with E-state index in [4.69, 9.17) is 14.5 Å². The number of nitrogens with one attached hydrogen (secondary N) is 1. The van der Waals surface area contributed by atoms with Crippen LogP contribution in [0.3, 0.4) is 0 Å². The van der Waals surface area contributed by atoms with Crippen molar-refractivity contribution in [1.82, 2.24) is 15.1 Å². The van der Waals surface area contributed by atoms with Gasteiger partial charge in [-0.3, -0.25) is 4.79 Å². The predicted octanol–water partition coefficient (Wildman–Crippen LogP) is 5.07. The summed E-state index contributed by atoms with van der Waals surface area (Å²) in [5.74, 6) is 0.850. The molecule has 0 radical (unpaired) electrons. The van der Waals surface area contributed by atoms with Gasteiger partial charge in [0.2, 0.25) is 5.91 Å². The molecule has 2 heterocycles. The number of hydrogen-bond donors (Lipinski definition) is 1. The van der Waals surface area contributed by atoms with E-state index in [0.29, 0.717) is 29.3 Å². The van der Waals surface area contributed by atoms with Gasteiger partial charge in [-0.1, -0.05) is 42.1 Å². The molecule has 0 spiro atoms. The number of esters is 1. The Balaban J connectivity index is 1.68. The number of nitrogens with zero attached hydrogens (tertiary/aromatic N) is 3. The molecule has 0 saturated carbocycles. The van der Waals surface area contributed by atoms with Crippen molar-refractivity contribution in [2.75, 3.05) is 27.2 Å². The van der Waals surface area contributed by atoms with Crippen molar-refractivity contribution in [3.63, 3.8) is 0 Å². The normalized spacial score (nSPS) is 16.8. The fraction of sp³-hybridized carbons (Fsp3) is 0.345. The Morgan fingerprint density at radius 1 is 1.11 bits per heavy atom. The highest BCUT2D eigenvalue weighted by Crippen LogP contribution is 2.45. The van der Waals surface area contributed by atoms with Gasteiger partial charge in [-0.05, 0) is 70.1 Å². The molecular weight excluding hydrogens is 500 g/mol. The zero-order valence-electron chi connectivity index (χ0n) is 22.4. The summed E-state index contributed by atoms with van der Waals surface area (Å²) in [6, 6.07) is 16.7. The summed E-state index contributed by atoms with van der Waals surface area (Å²) in [5.41, 5.74) is 2.65. The minimum atomic E-state index is -0.524. The summed E-state index contributed by atoms with van der Waals surface area (Å²) in [5, 5.41) is 5.63. The highest BCUT2D eigenvalue weighted by molar-refractivity contribution is 8.16. The lowest BCUT2D eigenvalue weighted by atomic mass is 9.93. The number of aliphatic imine (C=N–C) groups is 1. The van der Waals surface area contributed by atoms with Crippen LogP contribution in [0.1, 0.15) is 38.8 Å². The Bertz CT molecular complexity index is 1270. The maximum Gasteiger partial charge on any atom is 0.338 e. The van der Waals surface area contributed by atoms with Crippen LogP contribution in [0.4, 0.5) is 0 Å². The maximum atomic E-state index is 13.4. The van der Waals surface area contributed by atoms with Crippen molar-refractivity contribution in [1.29, 1.82) is 0 Å². The molecule has 4 rings (SSSR count). The van der Waals surface area contributed by atoms with Crippen LogP contribution < -0.4 is 10.1 Å². The zero-order chi connectivity index (χ0) is 27.2. The number of amides is 1. The summed E-state index contributed by atoms with van der Waals surface area (Å²) in [4.78, 5) is 34.9. The average molecular weight is 535 g/mol. The van der Waals surface area contributed by atoms with Crippen molar-refractivity contribution >= 4 is 28.8 Å². The second-order valence-corrected chi connectivity index (χ2v) is 10.5. The van der Waals surface area contributed by atoms with Gasteiger partial charge in [-0.25, -0.2) is 9.79 Å². The summed E-state index contributed by atoms with van der Waals surface area (Å²) >= 11 is 1.45. The van der Waals surface area contributed by atoms with E-state index in [2.05, 4.69) is 5.32 Å². The van der Waals surface area contributed by atoms with Crippen molar-refractivity contribution < 1.29 is 19.1 Å². The molecule has 0 aliphatic carbocycles. The van der Waals surface area contributed by atoms with E-state index in [-0.39, 0.29) is 18.4 Å². The van der Waals surface area contributed by atoms with Gasteiger partial charge >= 0.3 is 5.97 Å². The number of thioether (sulfide) groups is 1. The van der Waals surface area contributed by atoms with Gasteiger partial charge in [0.25, 0.3) is 0 Å². The summed E-state index contributed by atoms with van der Waals surface area (Å²) < 4.78 is 11.7. The fourth-order valence-electron chi connectivity index (χ4n) is 4.24. The molecule has 0 fully saturated rings. The van der Waals surface area contributed by atoms with Crippen LogP contribution in [0.2, 0.25) is 0 Å². The second kappa shape index (κ2) is 12.3. The zero-order valence-corrected chi connectivity index (χ0v) is 23.2. The quantitative estimate of drug-likeness (QED) is 0.426. The molecule has 1 amide bonds. The number of fused-ring (bicyclic) bond motifs is 1. The molecule has 0 bridgehead atoms. The highest BCUT2D eigenvalue weighted by Gasteiger charge is 2.41. The Labute approximate surface area is 228 Å². The molecule has 8 nitrogen and oxygen atoms in total. The van der Waals surface area contributed by atoms with Crippen molar-refractivity contribution in [3.8, 4) is 11.5 Å². The second-order valence-electron chi connectivity index (χ2n) is 9.66. The number of amidine groups is 1. The number of likely N-dealkylation sites (N-methyl/N-ethyl adjacent to an activating group) is 1. The maximum absolute atomic E-state index is 13.4. The van der Waals surface area contributed by atoms with Gasteiger partial charge in [0.15, 0.2) is 5.17 Å². The Hall–Kier alpha value is -3.56. The van der Waals surface area contributed by atoms with E-state index in [9.17, 15) is 9.59 Å². The lowest BCUT2D eigenvalue weighted by Gasteiger charge is -2.36. The highest BCUT2D eigenvalue weighted by atomic mass is 32.2. The van der Waals surface area contributed by atoms with E-state index in [0.717, 1.165) is 23.0 Å². The predicted molar refractivity (Wildman–Crippen MR) is 151 cm³/mol. The van der Waals surface area contributed by atoms with Gasteiger partial charge in [0.05, 0.1) is 29.8 Å². The molecule has 0 aromatic heterocycles. The minimum absolute atomic E-state index is 0.0857. The first-order chi connectivity index (χ1) is 18.2. The largest absolute Gasteiger partial charge is 0.459 e. The Morgan fingerprint density at radius 2 is 1.84 bits per heavy atom. The number of allylic oxidation sites excluding steroid dienone is 1. The summed E-state index contributed by atoms with van der Waals surface area (Å²) in [7, 11) is 3.93. The van der Waals surface area contributed by atoms with Crippen LogP contribution in [0.25, 0.3) is 0 Å². The number of carbonyl (C=O) groups is 2. The molecule has 2 aliphatic heterocycles.